The fourth-order valence-electron chi connectivity index (χ4n) is 8.62. The van der Waals surface area contributed by atoms with Gasteiger partial charge in [-0.15, -0.1) is 0 Å². The number of methoxy groups -OCH3 is 1. The van der Waals surface area contributed by atoms with Crippen molar-refractivity contribution in [3.8, 4) is 0 Å². The van der Waals surface area contributed by atoms with E-state index < -0.39 is 17.3 Å². The molecule has 49 heavy (non-hydrogen) atoms. The number of carbonyl (C=O) groups is 2. The van der Waals surface area contributed by atoms with Gasteiger partial charge < -0.3 is 14.8 Å². The van der Waals surface area contributed by atoms with Gasteiger partial charge in [0.1, 0.15) is 11.4 Å². The minimum atomic E-state index is -1.20. The summed E-state index contributed by atoms with van der Waals surface area (Å²) in [4.78, 5) is 30.1. The Morgan fingerprint density at radius 3 is 2.71 bits per heavy atom. The van der Waals surface area contributed by atoms with Gasteiger partial charge in [-0.2, -0.15) is 5.10 Å². The fraction of sp³-hybridized carbons (Fsp3) is 0.447. The third-order valence-electron chi connectivity index (χ3n) is 11.0. The Balaban J connectivity index is 0.00000378. The molecular weight excluding hydrogens is 666 g/mol. The number of ether oxygens (including phenoxy) is 2. The molecular formula is C38H41Cl2FN4O4. The maximum atomic E-state index is 16.3. The Morgan fingerprint density at radius 2 is 1.94 bits per heavy atom. The first-order valence-electron chi connectivity index (χ1n) is 16.8. The highest BCUT2D eigenvalue weighted by molar-refractivity contribution is 6.31. The zero-order chi connectivity index (χ0) is 33.2. The highest BCUT2D eigenvalue weighted by Gasteiger charge is 2.69. The number of benzene rings is 3. The van der Waals surface area contributed by atoms with E-state index in [1.807, 2.05) is 28.9 Å². The molecule has 0 radical (unpaired) electrons. The number of hydrogen-bond donors (Lipinski definition) is 1. The Labute approximate surface area is 295 Å². The zero-order valence-corrected chi connectivity index (χ0v) is 28.2. The van der Waals surface area contributed by atoms with Crippen molar-refractivity contribution in [3.63, 3.8) is 0 Å². The quantitative estimate of drug-likeness (QED) is 0.126. The summed E-state index contributed by atoms with van der Waals surface area (Å²) in [7, 11) is 1.63. The normalized spacial score (nSPS) is 24.1. The number of carbonyl (C=O) groups excluding carboxylic acids is 2. The van der Waals surface area contributed by atoms with Crippen LogP contribution in [0.3, 0.4) is 0 Å². The van der Waals surface area contributed by atoms with Gasteiger partial charge in [-0.1, -0.05) is 67.4 Å². The number of Topliss-reactive ketones (excluding diaryl/α,β-unsaturated/α-hetero) is 1. The molecule has 2 fully saturated rings. The molecule has 8 rings (SSSR count). The number of nitrogens with one attached hydrogen (secondary N) is 1. The van der Waals surface area contributed by atoms with Crippen LogP contribution < -0.4 is 5.32 Å². The molecule has 4 heterocycles. The van der Waals surface area contributed by atoms with Crippen LogP contribution in [0.25, 0.3) is 10.9 Å². The molecule has 4 atom stereocenters. The van der Waals surface area contributed by atoms with Crippen molar-refractivity contribution in [2.24, 2.45) is 5.92 Å². The van der Waals surface area contributed by atoms with E-state index in [0.717, 1.165) is 29.5 Å². The predicted octanol–water partition coefficient (Wildman–Crippen LogP) is 7.96. The van der Waals surface area contributed by atoms with E-state index >= 15 is 4.39 Å². The van der Waals surface area contributed by atoms with Gasteiger partial charge in [0.2, 0.25) is 5.91 Å². The molecule has 1 aromatic heterocycles. The van der Waals surface area contributed by atoms with Crippen LogP contribution in [0.15, 0.2) is 54.6 Å². The first kappa shape index (κ1) is 34.1. The van der Waals surface area contributed by atoms with Gasteiger partial charge in [0, 0.05) is 78.0 Å². The number of halogens is 3. The number of likely N-dealkylation sites (tertiary alicyclic amines) is 1. The van der Waals surface area contributed by atoms with Gasteiger partial charge >= 0.3 is 0 Å². The van der Waals surface area contributed by atoms with Gasteiger partial charge in [0.25, 0.3) is 0 Å². The third kappa shape index (κ3) is 5.40. The smallest absolute Gasteiger partial charge is 0.250 e. The Hall–Kier alpha value is -3.34. The van der Waals surface area contributed by atoms with Crippen LogP contribution >= 0.6 is 23.2 Å². The Morgan fingerprint density at radius 1 is 1.10 bits per heavy atom. The second kappa shape index (κ2) is 13.4. The average Bonchev–Trinajstić information content (AvgIpc) is 3.74. The van der Waals surface area contributed by atoms with Crippen LogP contribution in [-0.4, -0.2) is 65.9 Å². The summed E-state index contributed by atoms with van der Waals surface area (Å²) >= 11 is 12.9. The molecule has 0 bridgehead atoms. The van der Waals surface area contributed by atoms with E-state index in [-0.39, 0.29) is 36.2 Å². The Bertz CT molecular complexity index is 1930. The van der Waals surface area contributed by atoms with Crippen molar-refractivity contribution < 1.29 is 23.5 Å². The summed E-state index contributed by atoms with van der Waals surface area (Å²) in [5, 5.41) is 9.76. The molecule has 1 N–H and O–H groups in total. The summed E-state index contributed by atoms with van der Waals surface area (Å²) in [5.41, 5.74) is 2.98. The van der Waals surface area contributed by atoms with Crippen LogP contribution in [0.5, 0.6) is 0 Å². The van der Waals surface area contributed by atoms with E-state index in [2.05, 4.69) is 10.2 Å². The summed E-state index contributed by atoms with van der Waals surface area (Å²) < 4.78 is 28.9. The highest BCUT2D eigenvalue weighted by Crippen LogP contribution is 2.64. The van der Waals surface area contributed by atoms with E-state index in [9.17, 15) is 9.59 Å². The SMILES string of the molecule is C.COCCOCCCC(=O)c1ccc2c3n(nc2c1)[C@@H]1[C@H](C3)N(CC2CCC2)[C@@]2(C(=O)Nc3cc(Cl)ccc32)[C@H]1c1cccc(Cl)c1F. The Kier molecular flexibility index (Phi) is 9.34. The van der Waals surface area contributed by atoms with Crippen LogP contribution in [0, 0.1) is 11.7 Å². The number of amides is 1. The summed E-state index contributed by atoms with van der Waals surface area (Å²) in [6.45, 7) is 2.22. The average molecular weight is 708 g/mol. The van der Waals surface area contributed by atoms with Crippen molar-refractivity contribution in [2.75, 3.05) is 38.8 Å². The second-order valence-corrected chi connectivity index (χ2v) is 14.3. The molecule has 1 spiro atoms. The van der Waals surface area contributed by atoms with Crippen molar-refractivity contribution in [2.45, 2.75) is 69.5 Å². The predicted molar refractivity (Wildman–Crippen MR) is 189 cm³/mol. The molecule has 1 saturated heterocycles. The first-order chi connectivity index (χ1) is 23.3. The molecule has 3 aliphatic heterocycles. The maximum absolute atomic E-state index is 16.3. The molecule has 11 heteroatoms. The number of ketones is 1. The van der Waals surface area contributed by atoms with Gasteiger partial charge in [0.05, 0.1) is 29.8 Å². The van der Waals surface area contributed by atoms with Gasteiger partial charge in [-0.25, -0.2) is 4.39 Å². The lowest BCUT2D eigenvalue weighted by molar-refractivity contribution is -0.128. The van der Waals surface area contributed by atoms with Gasteiger partial charge in [0.15, 0.2) is 5.78 Å². The number of rotatable bonds is 11. The lowest BCUT2D eigenvalue weighted by atomic mass is 9.73. The molecule has 8 nitrogen and oxygen atoms in total. The summed E-state index contributed by atoms with van der Waals surface area (Å²) in [5.74, 6) is -0.874. The topological polar surface area (TPSA) is 85.7 Å². The largest absolute Gasteiger partial charge is 0.382 e. The number of aromatic nitrogens is 2. The van der Waals surface area contributed by atoms with Gasteiger partial charge in [-0.05, 0) is 55.0 Å². The maximum Gasteiger partial charge on any atom is 0.250 e. The number of anilines is 1. The van der Waals surface area contributed by atoms with Crippen molar-refractivity contribution in [1.29, 1.82) is 0 Å². The van der Waals surface area contributed by atoms with Crippen LogP contribution in [0.1, 0.15) is 78.7 Å². The number of hydrogen-bond acceptors (Lipinski definition) is 6. The van der Waals surface area contributed by atoms with E-state index in [1.54, 1.807) is 37.4 Å². The van der Waals surface area contributed by atoms with E-state index in [4.69, 9.17) is 37.8 Å². The summed E-state index contributed by atoms with van der Waals surface area (Å²) in [6.07, 6.45) is 4.97. The molecule has 4 aromatic rings. The van der Waals surface area contributed by atoms with Crippen molar-refractivity contribution >= 4 is 51.5 Å². The molecule has 0 unspecified atom stereocenters. The lowest BCUT2D eigenvalue weighted by Crippen LogP contribution is -2.54. The first-order valence-corrected chi connectivity index (χ1v) is 17.5. The second-order valence-electron chi connectivity index (χ2n) is 13.5. The summed E-state index contributed by atoms with van der Waals surface area (Å²) in [6, 6.07) is 15.8. The number of nitrogens with zero attached hydrogens (tertiary/aromatic N) is 3. The fourth-order valence-corrected chi connectivity index (χ4v) is 8.97. The van der Waals surface area contributed by atoms with Crippen LogP contribution in [0.4, 0.5) is 10.1 Å². The van der Waals surface area contributed by atoms with Crippen LogP contribution in [-0.2, 0) is 26.2 Å². The van der Waals surface area contributed by atoms with Crippen molar-refractivity contribution in [1.82, 2.24) is 14.7 Å². The molecule has 1 saturated carbocycles. The minimum absolute atomic E-state index is 0. The van der Waals surface area contributed by atoms with E-state index in [1.165, 1.54) is 6.42 Å². The molecule has 4 aliphatic rings. The van der Waals surface area contributed by atoms with Crippen molar-refractivity contribution in [3.05, 3.63) is 92.8 Å². The van der Waals surface area contributed by atoms with Gasteiger partial charge in [-0.3, -0.25) is 19.2 Å². The molecule has 1 amide bonds. The molecule has 3 aromatic carbocycles. The highest BCUT2D eigenvalue weighted by atomic mass is 35.5. The van der Waals surface area contributed by atoms with Crippen LogP contribution in [0.2, 0.25) is 10.0 Å². The standard InChI is InChI=1S/C37H37Cl2FN4O4.CH4/c1-47-15-16-48-14-4-9-32(45)22-10-12-24-28(17-22)42-44-30(24)19-31-35(44)33(25-7-3-8-27(39)34(25)40)37(43(31)20-21-5-2-6-21)26-13-11-23(38)18-29(26)41-36(37)46;/h3,7-8,10-13,17-18,21,31,33,35H,2,4-6,9,14-16,19-20H2,1H3,(H,41,46);1H4/t31-,33-,35+,37+;/m0./s1. The third-order valence-corrected chi connectivity index (χ3v) is 11.5. The monoisotopic (exact) mass is 706 g/mol. The molecule has 1 aliphatic carbocycles. The number of fused-ring (bicyclic) bond motifs is 7. The minimum Gasteiger partial charge on any atom is -0.382 e. The van der Waals surface area contributed by atoms with E-state index in [0.29, 0.717) is 78.9 Å². The lowest BCUT2D eigenvalue weighted by Gasteiger charge is -2.43. The molecule has 258 valence electrons. The zero-order valence-electron chi connectivity index (χ0n) is 26.7.